The van der Waals surface area contributed by atoms with Crippen molar-refractivity contribution in [3.8, 4) is 0 Å². The molecule has 1 N–H and O–H groups in total. The number of nitrogens with zero attached hydrogens (tertiary/aromatic N) is 2. The SMILES string of the molecule is C=CCOC(=O)[C@H]1[C@@H]2OC3(CC2Br)C(C(=O)N(CC=C)c2ccccc2Cl)N(CCCCO)C(=O)[C@H]13. The largest absolute Gasteiger partial charge is 0.461 e. The fourth-order valence-corrected chi connectivity index (χ4v) is 6.98. The third-order valence-corrected chi connectivity index (χ3v) is 8.33. The zero-order valence-electron chi connectivity index (χ0n) is 19.9. The van der Waals surface area contributed by atoms with E-state index in [0.717, 1.165) is 0 Å². The van der Waals surface area contributed by atoms with Gasteiger partial charge in [-0.2, -0.15) is 0 Å². The normalized spacial score (nSPS) is 30.2. The number of hydrogen-bond donors (Lipinski definition) is 1. The van der Waals surface area contributed by atoms with Crippen LogP contribution >= 0.6 is 27.5 Å². The first-order chi connectivity index (χ1) is 17.3. The maximum atomic E-state index is 14.3. The lowest BCUT2D eigenvalue weighted by atomic mass is 9.70. The van der Waals surface area contributed by atoms with E-state index < -0.39 is 35.6 Å². The van der Waals surface area contributed by atoms with E-state index in [1.807, 2.05) is 0 Å². The molecule has 3 aliphatic heterocycles. The van der Waals surface area contributed by atoms with E-state index in [1.165, 1.54) is 15.9 Å². The average Bonchev–Trinajstić information content (AvgIpc) is 3.45. The first-order valence-corrected chi connectivity index (χ1v) is 13.3. The summed E-state index contributed by atoms with van der Waals surface area (Å²) in [6, 6.07) is 6.00. The molecule has 0 aliphatic carbocycles. The topological polar surface area (TPSA) is 96.4 Å². The Bertz CT molecular complexity index is 1050. The molecule has 3 aliphatic rings. The number of esters is 1. The molecule has 3 heterocycles. The molecule has 194 valence electrons. The number of aliphatic hydroxyl groups is 1. The molecule has 0 saturated carbocycles. The van der Waals surface area contributed by atoms with Crippen molar-refractivity contribution in [2.75, 3.05) is 31.2 Å². The van der Waals surface area contributed by atoms with Crippen LogP contribution in [0.2, 0.25) is 5.02 Å². The van der Waals surface area contributed by atoms with Crippen molar-refractivity contribution in [3.05, 3.63) is 54.6 Å². The van der Waals surface area contributed by atoms with Crippen LogP contribution < -0.4 is 4.90 Å². The summed E-state index contributed by atoms with van der Waals surface area (Å²) in [4.78, 5) is 44.1. The summed E-state index contributed by atoms with van der Waals surface area (Å²) < 4.78 is 11.8. The molecule has 0 radical (unpaired) electrons. The number of carbonyl (C=O) groups is 3. The van der Waals surface area contributed by atoms with Gasteiger partial charge in [0.1, 0.15) is 18.2 Å². The second-order valence-electron chi connectivity index (χ2n) is 9.23. The first kappa shape index (κ1) is 26.9. The van der Waals surface area contributed by atoms with Crippen LogP contribution in [0.5, 0.6) is 0 Å². The van der Waals surface area contributed by atoms with Crippen LogP contribution in [0.1, 0.15) is 19.3 Å². The number of carbonyl (C=O) groups excluding carboxylic acids is 3. The molecule has 3 unspecified atom stereocenters. The van der Waals surface area contributed by atoms with E-state index in [9.17, 15) is 19.5 Å². The van der Waals surface area contributed by atoms with Crippen LogP contribution in [0.15, 0.2) is 49.6 Å². The van der Waals surface area contributed by atoms with Gasteiger partial charge in [-0.25, -0.2) is 0 Å². The van der Waals surface area contributed by atoms with Crippen LogP contribution in [0, 0.1) is 11.8 Å². The van der Waals surface area contributed by atoms with Gasteiger partial charge in [-0.3, -0.25) is 14.4 Å². The summed E-state index contributed by atoms with van der Waals surface area (Å²) in [6.07, 6.45) is 3.82. The standard InChI is InChI=1S/C26H30BrClN2O6/c1-3-11-29(18-10-6-5-9-17(18)28)24(33)22-26-15-16(27)21(36-26)19(25(34)35-14-4-2)20(26)23(32)30(22)12-7-8-13-31/h3-6,9-10,16,19-22,31H,1-2,7-8,11-15H2/t16?,19-,20+,21-,22?,26?/m1/s1. The van der Waals surface area contributed by atoms with Crippen molar-refractivity contribution in [1.82, 2.24) is 4.90 Å². The van der Waals surface area contributed by atoms with E-state index in [4.69, 9.17) is 21.1 Å². The highest BCUT2D eigenvalue weighted by atomic mass is 79.9. The number of likely N-dealkylation sites (tertiary alicyclic amines) is 1. The Labute approximate surface area is 224 Å². The van der Waals surface area contributed by atoms with Gasteiger partial charge in [-0.1, -0.05) is 58.4 Å². The van der Waals surface area contributed by atoms with Crippen molar-refractivity contribution < 1.29 is 29.0 Å². The minimum absolute atomic E-state index is 0.0190. The minimum atomic E-state index is -1.20. The Morgan fingerprint density at radius 2 is 2.06 bits per heavy atom. The van der Waals surface area contributed by atoms with E-state index in [1.54, 1.807) is 30.3 Å². The van der Waals surface area contributed by atoms with Gasteiger partial charge in [0.05, 0.1) is 28.6 Å². The molecule has 1 aromatic rings. The zero-order chi connectivity index (χ0) is 26.0. The maximum absolute atomic E-state index is 14.3. The Kier molecular flexibility index (Phi) is 8.24. The number of anilines is 1. The monoisotopic (exact) mass is 580 g/mol. The highest BCUT2D eigenvalue weighted by Gasteiger charge is 2.77. The molecular weight excluding hydrogens is 552 g/mol. The smallest absolute Gasteiger partial charge is 0.312 e. The molecule has 3 saturated heterocycles. The number of rotatable bonds is 11. The zero-order valence-corrected chi connectivity index (χ0v) is 22.2. The van der Waals surface area contributed by atoms with Crippen LogP contribution in [0.3, 0.4) is 0 Å². The fourth-order valence-electron chi connectivity index (χ4n) is 5.80. The Balaban J connectivity index is 1.77. The number of halogens is 2. The number of hydrogen-bond acceptors (Lipinski definition) is 6. The van der Waals surface area contributed by atoms with Crippen molar-refractivity contribution in [2.24, 2.45) is 11.8 Å². The fraction of sp³-hybridized carbons (Fsp3) is 0.500. The van der Waals surface area contributed by atoms with Gasteiger partial charge in [-0.15, -0.1) is 6.58 Å². The number of para-hydroxylation sites is 1. The highest BCUT2D eigenvalue weighted by molar-refractivity contribution is 9.09. The molecule has 2 bridgehead atoms. The summed E-state index contributed by atoms with van der Waals surface area (Å²) in [7, 11) is 0. The number of alkyl halides is 1. The number of ether oxygens (including phenoxy) is 2. The van der Waals surface area contributed by atoms with Crippen molar-refractivity contribution in [2.45, 2.75) is 41.8 Å². The first-order valence-electron chi connectivity index (χ1n) is 12.0. The second kappa shape index (κ2) is 11.0. The molecule has 0 aromatic heterocycles. The minimum Gasteiger partial charge on any atom is -0.461 e. The highest BCUT2D eigenvalue weighted by Crippen LogP contribution is 2.60. The number of aliphatic hydroxyl groups excluding tert-OH is 1. The third-order valence-electron chi connectivity index (χ3n) is 7.17. The van der Waals surface area contributed by atoms with Gasteiger partial charge in [0, 0.05) is 24.5 Å². The predicted octanol–water partition coefficient (Wildman–Crippen LogP) is 3.11. The second-order valence-corrected chi connectivity index (χ2v) is 10.8. The molecular formula is C26H30BrClN2O6. The van der Waals surface area contributed by atoms with Crippen LogP contribution in [0.25, 0.3) is 0 Å². The molecule has 1 aromatic carbocycles. The summed E-state index contributed by atoms with van der Waals surface area (Å²) in [5.41, 5.74) is -0.707. The summed E-state index contributed by atoms with van der Waals surface area (Å²) >= 11 is 10.1. The molecule has 3 fully saturated rings. The lowest BCUT2D eigenvalue weighted by Gasteiger charge is -2.37. The Hall–Kier alpha value is -2.20. The van der Waals surface area contributed by atoms with Crippen molar-refractivity contribution in [1.29, 1.82) is 0 Å². The Morgan fingerprint density at radius 3 is 2.72 bits per heavy atom. The summed E-state index contributed by atoms with van der Waals surface area (Å²) in [6.45, 7) is 7.78. The molecule has 36 heavy (non-hydrogen) atoms. The van der Waals surface area contributed by atoms with Crippen LogP contribution in [0.4, 0.5) is 5.69 Å². The van der Waals surface area contributed by atoms with Gasteiger partial charge in [0.15, 0.2) is 0 Å². The average molecular weight is 582 g/mol. The van der Waals surface area contributed by atoms with Crippen molar-refractivity contribution >= 4 is 51.0 Å². The predicted molar refractivity (Wildman–Crippen MR) is 139 cm³/mol. The third kappa shape index (κ3) is 4.40. The van der Waals surface area contributed by atoms with Gasteiger partial charge >= 0.3 is 5.97 Å². The quantitative estimate of drug-likeness (QED) is 0.187. The molecule has 8 nitrogen and oxygen atoms in total. The molecule has 4 rings (SSSR count). The molecule has 1 spiro atoms. The maximum Gasteiger partial charge on any atom is 0.312 e. The van der Waals surface area contributed by atoms with Crippen LogP contribution in [-0.2, 0) is 23.9 Å². The van der Waals surface area contributed by atoms with E-state index in [0.29, 0.717) is 30.0 Å². The van der Waals surface area contributed by atoms with Crippen molar-refractivity contribution in [3.63, 3.8) is 0 Å². The van der Waals surface area contributed by atoms with Gasteiger partial charge < -0.3 is 24.4 Å². The summed E-state index contributed by atoms with van der Waals surface area (Å²) in [5.74, 6) is -2.91. The lowest BCUT2D eigenvalue weighted by Crippen LogP contribution is -2.57. The number of benzene rings is 1. The number of unbranched alkanes of at least 4 members (excludes halogenated alkanes) is 1. The van der Waals surface area contributed by atoms with E-state index in [-0.39, 0.29) is 42.9 Å². The number of amides is 2. The molecule has 6 atom stereocenters. The van der Waals surface area contributed by atoms with E-state index >= 15 is 0 Å². The summed E-state index contributed by atoms with van der Waals surface area (Å²) in [5, 5.41) is 9.70. The Morgan fingerprint density at radius 1 is 1.31 bits per heavy atom. The van der Waals surface area contributed by atoms with Gasteiger partial charge in [0.2, 0.25) is 5.91 Å². The number of fused-ring (bicyclic) bond motifs is 1. The molecule has 2 amide bonds. The molecule has 10 heteroatoms. The van der Waals surface area contributed by atoms with Gasteiger partial charge in [0.25, 0.3) is 5.91 Å². The van der Waals surface area contributed by atoms with Crippen LogP contribution in [-0.4, -0.2) is 76.7 Å². The van der Waals surface area contributed by atoms with Gasteiger partial charge in [-0.05, 0) is 31.4 Å². The lowest BCUT2D eigenvalue weighted by molar-refractivity contribution is -0.153. The van der Waals surface area contributed by atoms with E-state index in [2.05, 4.69) is 29.1 Å².